The molecule has 44 heavy (non-hydrogen) atoms. The number of ether oxygens (including phenoxy) is 3. The molecule has 10 nitrogen and oxygen atoms in total. The number of H-pyrrole nitrogens is 1. The van der Waals surface area contributed by atoms with E-state index in [2.05, 4.69) is 16.4 Å². The Morgan fingerprint density at radius 2 is 1.84 bits per heavy atom. The molecule has 0 radical (unpaired) electrons. The molecule has 0 aliphatic rings. The first kappa shape index (κ1) is 33.0. The van der Waals surface area contributed by atoms with Crippen molar-refractivity contribution in [2.75, 3.05) is 33.5 Å². The Balaban J connectivity index is 1.37. The highest BCUT2D eigenvalue weighted by Gasteiger charge is 2.23. The molecule has 0 fully saturated rings. The number of aromatic amines is 1. The average Bonchev–Trinajstić information content (AvgIpc) is 3.38. The highest BCUT2D eigenvalue weighted by Crippen LogP contribution is 2.31. The predicted octanol–water partition coefficient (Wildman–Crippen LogP) is 5.12. The van der Waals surface area contributed by atoms with Gasteiger partial charge >= 0.3 is 11.0 Å². The van der Waals surface area contributed by atoms with Gasteiger partial charge in [0.05, 0.1) is 10.8 Å². The van der Waals surface area contributed by atoms with Crippen LogP contribution in [0.5, 0.6) is 11.5 Å². The van der Waals surface area contributed by atoms with Crippen molar-refractivity contribution in [1.82, 2.24) is 15.2 Å². The van der Waals surface area contributed by atoms with E-state index >= 15 is 0 Å². The number of hydrogen-bond donors (Lipinski definition) is 4. The number of carbonyl (C=O) groups is 1. The number of benzene rings is 3. The molecule has 4 N–H and O–H groups in total. The standard InChI is InChI=1S/C33H41N3O7S/c1-33(2,3)43-32(40)36(17-15-24-10-5-6-11-28(24)42-21-41-4)20-23-9-7-8-22(18-23)14-16-34-19-27(38)25-12-13-26(37)29-30(25)44-31(39)35-29/h5-13,18,27,34,37-38H,14-17,19-21H2,1-4H3,(H,35,39). The van der Waals surface area contributed by atoms with E-state index < -0.39 is 11.7 Å². The van der Waals surface area contributed by atoms with Gasteiger partial charge in [-0.2, -0.15) is 0 Å². The van der Waals surface area contributed by atoms with Crippen LogP contribution in [0, 0.1) is 0 Å². The van der Waals surface area contributed by atoms with Gasteiger partial charge in [0, 0.05) is 32.3 Å². The molecule has 1 amide bonds. The van der Waals surface area contributed by atoms with E-state index in [1.165, 1.54) is 6.07 Å². The molecule has 0 bridgehead atoms. The molecule has 0 spiro atoms. The fraction of sp³-hybridized carbons (Fsp3) is 0.394. The molecule has 0 saturated carbocycles. The van der Waals surface area contributed by atoms with Crippen LogP contribution in [-0.2, 0) is 28.9 Å². The fourth-order valence-corrected chi connectivity index (χ4v) is 5.70. The highest BCUT2D eigenvalue weighted by molar-refractivity contribution is 7.16. The lowest BCUT2D eigenvalue weighted by Crippen LogP contribution is -2.37. The van der Waals surface area contributed by atoms with Crippen LogP contribution >= 0.6 is 11.3 Å². The van der Waals surface area contributed by atoms with Gasteiger partial charge in [-0.3, -0.25) is 4.79 Å². The number of aliphatic hydroxyl groups excluding tert-OH is 1. The second-order valence-electron chi connectivity index (χ2n) is 11.5. The van der Waals surface area contributed by atoms with E-state index in [1.807, 2.05) is 63.2 Å². The van der Waals surface area contributed by atoms with Crippen LogP contribution < -0.4 is 14.9 Å². The van der Waals surface area contributed by atoms with Gasteiger partial charge in [0.15, 0.2) is 6.79 Å². The molecule has 3 aromatic carbocycles. The zero-order valence-electron chi connectivity index (χ0n) is 25.6. The first-order valence-electron chi connectivity index (χ1n) is 14.5. The zero-order chi connectivity index (χ0) is 31.7. The summed E-state index contributed by atoms with van der Waals surface area (Å²) in [5.74, 6) is 0.699. The number of para-hydroxylation sites is 1. The molecule has 1 unspecified atom stereocenters. The van der Waals surface area contributed by atoms with Gasteiger partial charge in [-0.05, 0) is 69.0 Å². The lowest BCUT2D eigenvalue weighted by Gasteiger charge is -2.28. The molecule has 1 atom stereocenters. The summed E-state index contributed by atoms with van der Waals surface area (Å²) in [5.41, 5.74) is 3.34. The first-order chi connectivity index (χ1) is 21.0. The third kappa shape index (κ3) is 9.30. The molecule has 1 heterocycles. The van der Waals surface area contributed by atoms with E-state index in [0.717, 1.165) is 33.8 Å². The van der Waals surface area contributed by atoms with Crippen LogP contribution in [0.3, 0.4) is 0 Å². The van der Waals surface area contributed by atoms with Crippen LogP contribution in [0.1, 0.15) is 49.1 Å². The first-order valence-corrected chi connectivity index (χ1v) is 15.3. The Hall–Kier alpha value is -3.90. The second-order valence-corrected chi connectivity index (χ2v) is 12.5. The van der Waals surface area contributed by atoms with Crippen LogP contribution in [-0.4, -0.2) is 65.3 Å². The largest absolute Gasteiger partial charge is 0.506 e. The lowest BCUT2D eigenvalue weighted by atomic mass is 10.1. The van der Waals surface area contributed by atoms with Gasteiger partial charge in [0.2, 0.25) is 0 Å². The maximum absolute atomic E-state index is 13.2. The van der Waals surface area contributed by atoms with Crippen molar-refractivity contribution < 1.29 is 29.2 Å². The number of amides is 1. The summed E-state index contributed by atoms with van der Waals surface area (Å²) < 4.78 is 17.0. The Morgan fingerprint density at radius 1 is 1.07 bits per heavy atom. The summed E-state index contributed by atoms with van der Waals surface area (Å²) in [4.78, 5) is 29.0. The molecule has 0 saturated heterocycles. The normalized spacial score (nSPS) is 12.3. The summed E-state index contributed by atoms with van der Waals surface area (Å²) in [5, 5.41) is 24.1. The van der Waals surface area contributed by atoms with Gasteiger partial charge in [-0.1, -0.05) is 59.9 Å². The minimum Gasteiger partial charge on any atom is -0.506 e. The topological polar surface area (TPSA) is 133 Å². The molecule has 4 rings (SSSR count). The number of phenols is 1. The number of fused-ring (bicyclic) bond motifs is 1. The van der Waals surface area contributed by atoms with E-state index in [4.69, 9.17) is 14.2 Å². The maximum atomic E-state index is 13.2. The van der Waals surface area contributed by atoms with E-state index in [-0.39, 0.29) is 30.1 Å². The van der Waals surface area contributed by atoms with Crippen molar-refractivity contribution in [3.8, 4) is 11.5 Å². The lowest BCUT2D eigenvalue weighted by molar-refractivity contribution is 0.0233. The van der Waals surface area contributed by atoms with Crippen LogP contribution in [0.4, 0.5) is 4.79 Å². The number of aromatic hydroxyl groups is 1. The summed E-state index contributed by atoms with van der Waals surface area (Å²) in [6.45, 7) is 7.42. The number of phenolic OH excluding ortho intramolecular Hbond substituents is 1. The number of rotatable bonds is 14. The summed E-state index contributed by atoms with van der Waals surface area (Å²) >= 11 is 0.967. The van der Waals surface area contributed by atoms with Gasteiger partial charge < -0.3 is 39.6 Å². The smallest absolute Gasteiger partial charge is 0.410 e. The van der Waals surface area contributed by atoms with E-state index in [1.54, 1.807) is 18.1 Å². The van der Waals surface area contributed by atoms with Crippen LogP contribution in [0.2, 0.25) is 0 Å². The summed E-state index contributed by atoms with van der Waals surface area (Å²) in [6.07, 6.45) is 0.0606. The van der Waals surface area contributed by atoms with Crippen molar-refractivity contribution in [1.29, 1.82) is 0 Å². The van der Waals surface area contributed by atoms with Gasteiger partial charge in [-0.25, -0.2) is 4.79 Å². The molecule has 0 aliphatic carbocycles. The fourth-order valence-electron chi connectivity index (χ4n) is 4.78. The molecule has 236 valence electrons. The predicted molar refractivity (Wildman–Crippen MR) is 171 cm³/mol. The van der Waals surface area contributed by atoms with Crippen LogP contribution in [0.15, 0.2) is 65.5 Å². The van der Waals surface area contributed by atoms with Crippen LogP contribution in [0.25, 0.3) is 10.2 Å². The number of carbonyl (C=O) groups excluding carboxylic acids is 1. The molecule has 0 aliphatic heterocycles. The third-order valence-electron chi connectivity index (χ3n) is 6.85. The maximum Gasteiger partial charge on any atom is 0.410 e. The van der Waals surface area contributed by atoms with Gasteiger partial charge in [0.1, 0.15) is 22.6 Å². The van der Waals surface area contributed by atoms with E-state index in [0.29, 0.717) is 48.3 Å². The highest BCUT2D eigenvalue weighted by atomic mass is 32.1. The Kier molecular flexibility index (Phi) is 11.4. The molecule has 11 heteroatoms. The Bertz CT molecular complexity index is 1590. The molecular weight excluding hydrogens is 582 g/mol. The number of methoxy groups -OCH3 is 1. The van der Waals surface area contributed by atoms with Crippen molar-refractivity contribution in [3.63, 3.8) is 0 Å². The van der Waals surface area contributed by atoms with Crippen molar-refractivity contribution in [3.05, 3.63) is 92.6 Å². The zero-order valence-corrected chi connectivity index (χ0v) is 26.4. The van der Waals surface area contributed by atoms with Gasteiger partial charge in [0.25, 0.3) is 0 Å². The molecular formula is C33H41N3O7S. The van der Waals surface area contributed by atoms with Crippen molar-refractivity contribution >= 4 is 27.6 Å². The second kappa shape index (κ2) is 15.2. The average molecular weight is 624 g/mol. The number of thiazole rings is 1. The Morgan fingerprint density at radius 3 is 2.61 bits per heavy atom. The minimum absolute atomic E-state index is 0.0201. The number of nitrogens with zero attached hydrogens (tertiary/aromatic N) is 1. The third-order valence-corrected chi connectivity index (χ3v) is 7.78. The molecule has 4 aromatic rings. The summed E-state index contributed by atoms with van der Waals surface area (Å²) in [6, 6.07) is 18.9. The van der Waals surface area contributed by atoms with Crippen molar-refractivity contribution in [2.45, 2.75) is 51.9 Å². The van der Waals surface area contributed by atoms with Crippen molar-refractivity contribution in [2.24, 2.45) is 0 Å². The SMILES string of the molecule is COCOc1ccccc1CCN(Cc1cccc(CCNCC(O)c2ccc(O)c3[nH]c(=O)sc23)c1)C(=O)OC(C)(C)C. The number of aromatic nitrogens is 1. The number of aliphatic hydroxyl groups is 1. The number of hydrogen-bond acceptors (Lipinski definition) is 9. The quantitative estimate of drug-likeness (QED) is 0.112. The van der Waals surface area contributed by atoms with Gasteiger partial charge in [-0.15, -0.1) is 0 Å². The Labute approximate surface area is 261 Å². The minimum atomic E-state index is -0.844. The van der Waals surface area contributed by atoms with E-state index in [9.17, 15) is 19.8 Å². The monoisotopic (exact) mass is 623 g/mol. The summed E-state index contributed by atoms with van der Waals surface area (Å²) in [7, 11) is 1.57. The number of nitrogens with one attached hydrogen (secondary N) is 2. The molecule has 1 aromatic heterocycles.